The number of aromatic nitrogens is 3. The molecule has 0 atom stereocenters. The lowest BCUT2D eigenvalue weighted by Gasteiger charge is -2.07. The van der Waals surface area contributed by atoms with Crippen molar-refractivity contribution >= 4 is 25.8 Å². The number of halogens is 4. The third kappa shape index (κ3) is 3.64. The van der Waals surface area contributed by atoms with Crippen molar-refractivity contribution in [2.24, 2.45) is 7.05 Å². The normalized spacial score (nSPS) is 12.8. The summed E-state index contributed by atoms with van der Waals surface area (Å²) >= 11 is 3.14. The Bertz CT molecular complexity index is 732. The number of sulfone groups is 1. The molecule has 0 bridgehead atoms. The first-order valence-electron chi connectivity index (χ1n) is 5.47. The third-order valence-corrected chi connectivity index (χ3v) is 4.78. The number of hydrogen-bond acceptors (Lipinski definition) is 5. The predicted molar refractivity (Wildman–Crippen MR) is 68.7 cm³/mol. The van der Waals surface area contributed by atoms with E-state index in [1.807, 2.05) is 0 Å². The molecule has 0 unspecified atom stereocenters. The van der Waals surface area contributed by atoms with Crippen LogP contribution in [0.15, 0.2) is 21.5 Å². The number of rotatable bonds is 4. The van der Waals surface area contributed by atoms with Gasteiger partial charge >= 0.3 is 6.18 Å². The maximum absolute atomic E-state index is 12.6. The zero-order chi connectivity index (χ0) is 15.8. The second-order valence-corrected chi connectivity index (χ2v) is 7.20. The molecule has 116 valence electrons. The highest BCUT2D eigenvalue weighted by Gasteiger charge is 2.38. The SMILES string of the molecule is Cn1ncc(Br)c1CS(=O)(=O)Cc1conc1C(F)(F)F. The summed E-state index contributed by atoms with van der Waals surface area (Å²) in [6, 6.07) is 0. The van der Waals surface area contributed by atoms with E-state index in [1.165, 1.54) is 17.9 Å². The van der Waals surface area contributed by atoms with Crippen LogP contribution in [0.25, 0.3) is 0 Å². The van der Waals surface area contributed by atoms with Crippen LogP contribution in [-0.4, -0.2) is 23.4 Å². The molecule has 6 nitrogen and oxygen atoms in total. The Hall–Kier alpha value is -1.36. The van der Waals surface area contributed by atoms with Crippen molar-refractivity contribution in [3.05, 3.63) is 33.9 Å². The molecule has 0 aliphatic carbocycles. The number of alkyl halides is 3. The van der Waals surface area contributed by atoms with Gasteiger partial charge in [0.1, 0.15) is 6.26 Å². The molecule has 2 rings (SSSR count). The molecule has 0 radical (unpaired) electrons. The van der Waals surface area contributed by atoms with Crippen LogP contribution in [0.5, 0.6) is 0 Å². The van der Waals surface area contributed by atoms with Crippen LogP contribution in [0.3, 0.4) is 0 Å². The van der Waals surface area contributed by atoms with Crippen LogP contribution in [-0.2, 0) is 34.6 Å². The number of aryl methyl sites for hydroxylation is 1. The van der Waals surface area contributed by atoms with Gasteiger partial charge in [-0.2, -0.15) is 18.3 Å². The molecule has 2 heterocycles. The lowest BCUT2D eigenvalue weighted by atomic mass is 10.3. The predicted octanol–water partition coefficient (Wildman–Crippen LogP) is 2.30. The highest BCUT2D eigenvalue weighted by atomic mass is 79.9. The fraction of sp³-hybridized carbons (Fsp3) is 0.400. The summed E-state index contributed by atoms with van der Waals surface area (Å²) in [6.07, 6.45) is -2.66. The first-order valence-corrected chi connectivity index (χ1v) is 8.09. The molecule has 0 aromatic carbocycles. The largest absolute Gasteiger partial charge is 0.437 e. The van der Waals surface area contributed by atoms with Gasteiger partial charge in [-0.05, 0) is 15.9 Å². The van der Waals surface area contributed by atoms with Gasteiger partial charge in [0.15, 0.2) is 15.5 Å². The summed E-state index contributed by atoms with van der Waals surface area (Å²) in [5.74, 6) is -1.27. The van der Waals surface area contributed by atoms with Gasteiger partial charge < -0.3 is 4.52 Å². The molecule has 0 aliphatic heterocycles. The van der Waals surface area contributed by atoms with Gasteiger partial charge in [-0.15, -0.1) is 0 Å². The average molecular weight is 388 g/mol. The molecule has 2 aromatic heterocycles. The molecule has 0 saturated heterocycles. The van der Waals surface area contributed by atoms with E-state index >= 15 is 0 Å². The molecule has 21 heavy (non-hydrogen) atoms. The molecule has 0 spiro atoms. The van der Waals surface area contributed by atoms with Crippen LogP contribution in [0.4, 0.5) is 13.2 Å². The van der Waals surface area contributed by atoms with Crippen molar-refractivity contribution in [2.45, 2.75) is 17.7 Å². The highest BCUT2D eigenvalue weighted by Crippen LogP contribution is 2.32. The fourth-order valence-electron chi connectivity index (χ4n) is 1.69. The molecule has 0 amide bonds. The maximum Gasteiger partial charge on any atom is 0.437 e. The molecule has 11 heteroatoms. The Morgan fingerprint density at radius 2 is 2.05 bits per heavy atom. The summed E-state index contributed by atoms with van der Waals surface area (Å²) in [7, 11) is -2.31. The second kappa shape index (κ2) is 5.44. The summed E-state index contributed by atoms with van der Waals surface area (Å²) in [4.78, 5) is 0. The smallest absolute Gasteiger partial charge is 0.364 e. The minimum Gasteiger partial charge on any atom is -0.364 e. The summed E-state index contributed by atoms with van der Waals surface area (Å²) in [5, 5.41) is 6.66. The van der Waals surface area contributed by atoms with Gasteiger partial charge in [-0.3, -0.25) is 4.68 Å². The van der Waals surface area contributed by atoms with Crippen LogP contribution < -0.4 is 0 Å². The van der Waals surface area contributed by atoms with E-state index < -0.39 is 38.8 Å². The first kappa shape index (κ1) is 16.0. The minimum absolute atomic E-state index is 0.347. The Morgan fingerprint density at radius 3 is 2.57 bits per heavy atom. The van der Waals surface area contributed by atoms with Crippen molar-refractivity contribution in [3.63, 3.8) is 0 Å². The van der Waals surface area contributed by atoms with Crippen molar-refractivity contribution in [1.29, 1.82) is 0 Å². The van der Waals surface area contributed by atoms with E-state index in [9.17, 15) is 21.6 Å². The van der Waals surface area contributed by atoms with E-state index in [-0.39, 0.29) is 0 Å². The van der Waals surface area contributed by atoms with Gasteiger partial charge in [0, 0.05) is 12.6 Å². The Kier molecular flexibility index (Phi) is 4.15. The molecule has 0 aliphatic rings. The second-order valence-electron chi connectivity index (χ2n) is 4.28. The van der Waals surface area contributed by atoms with Crippen molar-refractivity contribution in [2.75, 3.05) is 0 Å². The molecular formula is C10H9BrF3N3O3S. The Labute approximate surface area is 126 Å². The molecule has 0 N–H and O–H groups in total. The minimum atomic E-state index is -4.76. The van der Waals surface area contributed by atoms with E-state index in [0.29, 0.717) is 16.4 Å². The van der Waals surface area contributed by atoms with Gasteiger partial charge in [-0.25, -0.2) is 8.42 Å². The average Bonchev–Trinajstić information content (AvgIpc) is 2.89. The van der Waals surface area contributed by atoms with Crippen molar-refractivity contribution in [3.8, 4) is 0 Å². The zero-order valence-electron chi connectivity index (χ0n) is 10.6. The summed E-state index contributed by atoms with van der Waals surface area (Å²) in [5.41, 5.74) is -1.49. The highest BCUT2D eigenvalue weighted by molar-refractivity contribution is 9.10. The standard InChI is InChI=1S/C10H9BrF3N3O3S/c1-17-8(7(11)2-15-17)5-21(18,19)4-6-3-20-16-9(6)10(12,13)14/h2-3H,4-5H2,1H3. The van der Waals surface area contributed by atoms with Gasteiger partial charge in [-0.1, -0.05) is 5.16 Å². The summed E-state index contributed by atoms with van der Waals surface area (Å²) < 4.78 is 68.0. The van der Waals surface area contributed by atoms with Crippen molar-refractivity contribution < 1.29 is 26.1 Å². The van der Waals surface area contributed by atoms with Crippen molar-refractivity contribution in [1.82, 2.24) is 14.9 Å². The molecule has 2 aromatic rings. The number of nitrogens with zero attached hydrogens (tertiary/aromatic N) is 3. The first-order chi connectivity index (χ1) is 9.60. The lowest BCUT2D eigenvalue weighted by molar-refractivity contribution is -0.143. The monoisotopic (exact) mass is 387 g/mol. The fourth-order valence-corrected chi connectivity index (χ4v) is 3.90. The third-order valence-electron chi connectivity index (χ3n) is 2.65. The molecular weight excluding hydrogens is 379 g/mol. The Morgan fingerprint density at radius 1 is 1.38 bits per heavy atom. The summed E-state index contributed by atoms with van der Waals surface area (Å²) in [6.45, 7) is 0. The van der Waals surface area contributed by atoms with Crippen LogP contribution in [0.1, 0.15) is 17.0 Å². The van der Waals surface area contributed by atoms with Gasteiger partial charge in [0.05, 0.1) is 27.9 Å². The zero-order valence-corrected chi connectivity index (χ0v) is 13.0. The molecule has 0 saturated carbocycles. The van der Waals surface area contributed by atoms with Crippen LogP contribution >= 0.6 is 15.9 Å². The topological polar surface area (TPSA) is 78.0 Å². The lowest BCUT2D eigenvalue weighted by Crippen LogP contribution is -2.15. The quantitative estimate of drug-likeness (QED) is 0.804. The molecule has 0 fully saturated rings. The van der Waals surface area contributed by atoms with E-state index in [0.717, 1.165) is 0 Å². The number of hydrogen-bond donors (Lipinski definition) is 0. The van der Waals surface area contributed by atoms with Crippen LogP contribution in [0, 0.1) is 0 Å². The Balaban J connectivity index is 2.25. The van der Waals surface area contributed by atoms with Crippen LogP contribution in [0.2, 0.25) is 0 Å². The van der Waals surface area contributed by atoms with E-state index in [1.54, 1.807) is 0 Å². The van der Waals surface area contributed by atoms with E-state index in [2.05, 4.69) is 30.7 Å². The van der Waals surface area contributed by atoms with Gasteiger partial charge in [0.2, 0.25) is 0 Å². The van der Waals surface area contributed by atoms with E-state index in [4.69, 9.17) is 0 Å². The maximum atomic E-state index is 12.6. The van der Waals surface area contributed by atoms with Gasteiger partial charge in [0.25, 0.3) is 0 Å².